The van der Waals surface area contributed by atoms with E-state index in [2.05, 4.69) is 10.3 Å². The first-order chi connectivity index (χ1) is 7.63. The second-order valence-electron chi connectivity index (χ2n) is 3.52. The summed E-state index contributed by atoms with van der Waals surface area (Å²) in [5.41, 5.74) is 0.973. The molecule has 1 aromatic rings. The van der Waals surface area contributed by atoms with Gasteiger partial charge in [0, 0.05) is 23.7 Å². The number of H-pyrrole nitrogens is 1. The van der Waals surface area contributed by atoms with Crippen molar-refractivity contribution in [2.75, 3.05) is 13.2 Å². The molecule has 0 spiro atoms. The van der Waals surface area contributed by atoms with Crippen molar-refractivity contribution in [2.24, 2.45) is 0 Å². The van der Waals surface area contributed by atoms with Crippen LogP contribution in [0.3, 0.4) is 0 Å². The van der Waals surface area contributed by atoms with Crippen LogP contribution in [-0.2, 0) is 11.2 Å². The van der Waals surface area contributed by atoms with Gasteiger partial charge in [-0.05, 0) is 32.0 Å². The number of unbranched alkanes of at least 4 members (excludes halogenated alkanes) is 1. The molecule has 1 aromatic heterocycles. The second kappa shape index (κ2) is 6.78. The Balaban J connectivity index is 2.34. The van der Waals surface area contributed by atoms with Gasteiger partial charge >= 0.3 is 0 Å². The number of aromatic nitrogens is 1. The largest absolute Gasteiger partial charge is 0.396 e. The zero-order valence-electron chi connectivity index (χ0n) is 9.21. The first-order valence-corrected chi connectivity index (χ1v) is 6.42. The van der Waals surface area contributed by atoms with Gasteiger partial charge in [-0.15, -0.1) is 11.3 Å². The Kier molecular flexibility index (Phi) is 5.65. The van der Waals surface area contributed by atoms with Gasteiger partial charge in [0.15, 0.2) is 3.95 Å². The summed E-state index contributed by atoms with van der Waals surface area (Å²) in [7, 11) is 0. The highest BCUT2D eigenvalue weighted by Crippen LogP contribution is 2.14. The van der Waals surface area contributed by atoms with Gasteiger partial charge < -0.3 is 15.4 Å². The first kappa shape index (κ1) is 13.3. The molecule has 1 rings (SSSR count). The summed E-state index contributed by atoms with van der Waals surface area (Å²) in [6.45, 7) is 2.71. The maximum atomic E-state index is 11.5. The molecule has 0 radical (unpaired) electrons. The molecule has 90 valence electrons. The van der Waals surface area contributed by atoms with Crippen LogP contribution in [0.4, 0.5) is 0 Å². The van der Waals surface area contributed by atoms with E-state index in [1.54, 1.807) is 0 Å². The lowest BCUT2D eigenvalue weighted by atomic mass is 10.2. The average molecular weight is 260 g/mol. The zero-order chi connectivity index (χ0) is 12.0. The number of aliphatic hydroxyl groups excluding tert-OH is 1. The van der Waals surface area contributed by atoms with Crippen molar-refractivity contribution in [3.05, 3.63) is 14.5 Å². The minimum atomic E-state index is 0.00582. The van der Waals surface area contributed by atoms with Crippen LogP contribution >= 0.6 is 23.6 Å². The van der Waals surface area contributed by atoms with Crippen molar-refractivity contribution in [3.63, 3.8) is 0 Å². The number of hydrogen-bond donors (Lipinski definition) is 3. The van der Waals surface area contributed by atoms with E-state index in [1.807, 2.05) is 6.92 Å². The van der Waals surface area contributed by atoms with E-state index in [0.29, 0.717) is 16.9 Å². The van der Waals surface area contributed by atoms with E-state index in [9.17, 15) is 4.79 Å². The van der Waals surface area contributed by atoms with Gasteiger partial charge in [-0.1, -0.05) is 0 Å². The third-order valence-corrected chi connectivity index (χ3v) is 3.49. The number of aryl methyl sites for hydroxylation is 1. The Morgan fingerprint density at radius 1 is 1.56 bits per heavy atom. The van der Waals surface area contributed by atoms with Crippen molar-refractivity contribution in [1.29, 1.82) is 0 Å². The van der Waals surface area contributed by atoms with E-state index in [-0.39, 0.29) is 12.5 Å². The van der Waals surface area contributed by atoms with Crippen molar-refractivity contribution >= 4 is 29.5 Å². The Labute approximate surface area is 104 Å². The van der Waals surface area contributed by atoms with Crippen LogP contribution in [0.1, 0.15) is 23.4 Å². The van der Waals surface area contributed by atoms with Crippen molar-refractivity contribution < 1.29 is 9.90 Å². The quantitative estimate of drug-likeness (QED) is 0.537. The SMILES string of the molecule is Cc1[nH]c(=S)sc1CC(=O)NCCCCO. The number of rotatable bonds is 6. The fourth-order valence-corrected chi connectivity index (χ4v) is 2.57. The molecule has 3 N–H and O–H groups in total. The zero-order valence-corrected chi connectivity index (χ0v) is 10.8. The summed E-state index contributed by atoms with van der Waals surface area (Å²) in [5, 5.41) is 11.4. The number of carbonyl (C=O) groups is 1. The minimum Gasteiger partial charge on any atom is -0.396 e. The van der Waals surface area contributed by atoms with Crippen molar-refractivity contribution in [3.8, 4) is 0 Å². The molecule has 1 heterocycles. The smallest absolute Gasteiger partial charge is 0.225 e. The normalized spacial score (nSPS) is 10.4. The standard InChI is InChI=1S/C10H16N2O2S2/c1-7-8(16-10(15)12-7)6-9(14)11-4-2-3-5-13/h13H,2-6H2,1H3,(H,11,14)(H,12,15). The van der Waals surface area contributed by atoms with Crippen LogP contribution in [0.25, 0.3) is 0 Å². The Morgan fingerprint density at radius 2 is 2.31 bits per heavy atom. The highest BCUT2D eigenvalue weighted by atomic mass is 32.1. The number of thiazole rings is 1. The summed E-state index contributed by atoms with van der Waals surface area (Å²) in [4.78, 5) is 15.5. The molecule has 16 heavy (non-hydrogen) atoms. The monoisotopic (exact) mass is 260 g/mol. The maximum Gasteiger partial charge on any atom is 0.225 e. The van der Waals surface area contributed by atoms with E-state index in [0.717, 1.165) is 23.4 Å². The Morgan fingerprint density at radius 3 is 2.88 bits per heavy atom. The number of carbonyl (C=O) groups excluding carboxylic acids is 1. The number of hydrogen-bond acceptors (Lipinski definition) is 4. The predicted molar refractivity (Wildman–Crippen MR) is 67.3 cm³/mol. The summed E-state index contributed by atoms with van der Waals surface area (Å²) < 4.78 is 0.709. The van der Waals surface area contributed by atoms with Gasteiger partial charge in [0.1, 0.15) is 0 Å². The highest BCUT2D eigenvalue weighted by molar-refractivity contribution is 7.73. The molecule has 0 saturated carbocycles. The lowest BCUT2D eigenvalue weighted by Crippen LogP contribution is -2.26. The fourth-order valence-electron chi connectivity index (χ4n) is 1.28. The minimum absolute atomic E-state index is 0.00582. The van der Waals surface area contributed by atoms with Gasteiger partial charge in [-0.25, -0.2) is 0 Å². The number of aliphatic hydroxyl groups is 1. The number of nitrogens with one attached hydrogen (secondary N) is 2. The molecule has 0 unspecified atom stereocenters. The van der Waals surface area contributed by atoms with Crippen LogP contribution < -0.4 is 5.32 Å². The topological polar surface area (TPSA) is 65.1 Å². The van der Waals surface area contributed by atoms with Crippen LogP contribution in [0.5, 0.6) is 0 Å². The van der Waals surface area contributed by atoms with E-state index < -0.39 is 0 Å². The molecule has 0 saturated heterocycles. The van der Waals surface area contributed by atoms with Gasteiger partial charge in [0.25, 0.3) is 0 Å². The molecular weight excluding hydrogens is 244 g/mol. The average Bonchev–Trinajstić information content (AvgIpc) is 2.52. The predicted octanol–water partition coefficient (Wildman–Crippen LogP) is 1.55. The summed E-state index contributed by atoms with van der Waals surface area (Å²) in [5.74, 6) is 0.00582. The van der Waals surface area contributed by atoms with E-state index in [4.69, 9.17) is 17.3 Å². The van der Waals surface area contributed by atoms with E-state index in [1.165, 1.54) is 11.3 Å². The molecule has 0 fully saturated rings. The second-order valence-corrected chi connectivity index (χ2v) is 5.29. The Hall–Kier alpha value is -0.720. The van der Waals surface area contributed by atoms with Crippen LogP contribution in [0.15, 0.2) is 0 Å². The summed E-state index contributed by atoms with van der Waals surface area (Å²) in [6.07, 6.45) is 1.91. The first-order valence-electron chi connectivity index (χ1n) is 5.19. The van der Waals surface area contributed by atoms with Crippen LogP contribution in [0.2, 0.25) is 0 Å². The van der Waals surface area contributed by atoms with Crippen LogP contribution in [0, 0.1) is 10.9 Å². The lowest BCUT2D eigenvalue weighted by molar-refractivity contribution is -0.120. The lowest BCUT2D eigenvalue weighted by Gasteiger charge is -2.03. The maximum absolute atomic E-state index is 11.5. The summed E-state index contributed by atoms with van der Waals surface area (Å²) in [6, 6.07) is 0. The molecular formula is C10H16N2O2S2. The molecule has 0 aliphatic heterocycles. The van der Waals surface area contributed by atoms with Gasteiger partial charge in [0.2, 0.25) is 5.91 Å². The molecule has 1 amide bonds. The number of amides is 1. The third kappa shape index (κ3) is 4.42. The highest BCUT2D eigenvalue weighted by Gasteiger charge is 2.07. The van der Waals surface area contributed by atoms with Gasteiger partial charge in [-0.2, -0.15) is 0 Å². The fraction of sp³-hybridized carbons (Fsp3) is 0.600. The van der Waals surface area contributed by atoms with Crippen LogP contribution in [-0.4, -0.2) is 29.1 Å². The summed E-state index contributed by atoms with van der Waals surface area (Å²) >= 11 is 6.44. The molecule has 0 aliphatic carbocycles. The van der Waals surface area contributed by atoms with Crippen molar-refractivity contribution in [1.82, 2.24) is 10.3 Å². The molecule has 0 bridgehead atoms. The third-order valence-electron chi connectivity index (χ3n) is 2.15. The van der Waals surface area contributed by atoms with Gasteiger partial charge in [-0.3, -0.25) is 4.79 Å². The molecule has 0 aliphatic rings. The van der Waals surface area contributed by atoms with Crippen molar-refractivity contribution in [2.45, 2.75) is 26.2 Å². The molecule has 0 atom stereocenters. The van der Waals surface area contributed by atoms with E-state index >= 15 is 0 Å². The molecule has 4 nitrogen and oxygen atoms in total. The van der Waals surface area contributed by atoms with Gasteiger partial charge in [0.05, 0.1) is 6.42 Å². The molecule has 0 aromatic carbocycles. The number of aromatic amines is 1. The Bertz CT molecular complexity index is 398. The molecule has 6 heteroatoms.